The average Bonchev–Trinajstić information content (AvgIpc) is 2.78. The minimum absolute atomic E-state index is 0.187. The number of para-hydroxylation sites is 1. The zero-order valence-electron chi connectivity index (χ0n) is 17.8. The van der Waals surface area contributed by atoms with E-state index in [1.54, 1.807) is 0 Å². The molecule has 0 unspecified atom stereocenters. The van der Waals surface area contributed by atoms with Gasteiger partial charge in [-0.05, 0) is 62.5 Å². The molecular formula is C26H35NO2. The van der Waals surface area contributed by atoms with Crippen molar-refractivity contribution in [3.8, 4) is 5.75 Å². The van der Waals surface area contributed by atoms with Gasteiger partial charge in [-0.3, -0.25) is 4.79 Å². The fourth-order valence-electron chi connectivity index (χ4n) is 4.15. The van der Waals surface area contributed by atoms with Gasteiger partial charge in [-0.15, -0.1) is 0 Å². The number of nitrogens with zero attached hydrogens (tertiary/aromatic N) is 1. The number of carbonyl (C=O) groups is 1. The molecule has 1 saturated heterocycles. The van der Waals surface area contributed by atoms with Crippen LogP contribution in [-0.4, -0.2) is 30.3 Å². The van der Waals surface area contributed by atoms with Gasteiger partial charge in [0.2, 0.25) is 0 Å². The van der Waals surface area contributed by atoms with E-state index in [2.05, 4.69) is 11.8 Å². The van der Waals surface area contributed by atoms with Gasteiger partial charge in [-0.25, -0.2) is 0 Å². The molecule has 156 valence electrons. The normalized spacial score (nSPS) is 15.3. The number of ketones is 1. The second kappa shape index (κ2) is 11.8. The van der Waals surface area contributed by atoms with Gasteiger partial charge in [0.05, 0.1) is 5.56 Å². The molecule has 3 heteroatoms. The summed E-state index contributed by atoms with van der Waals surface area (Å²) < 4.78 is 5.95. The standard InChI is InChI=1S/C26H35NO2/c1-2-3-10-22-16-19-27(20-17-22)18-9-14-25(28)24-13-7-8-15-26(24)29-21-23-11-5-4-6-12-23/h4-8,11-13,15,22H,2-3,9-10,14,16-21H2,1H3. The Hall–Kier alpha value is -2.13. The lowest BCUT2D eigenvalue weighted by Gasteiger charge is -2.31. The fourth-order valence-corrected chi connectivity index (χ4v) is 4.15. The number of ether oxygens (including phenoxy) is 1. The van der Waals surface area contributed by atoms with Crippen LogP contribution in [-0.2, 0) is 6.61 Å². The van der Waals surface area contributed by atoms with Crippen LogP contribution in [0, 0.1) is 5.92 Å². The molecular weight excluding hydrogens is 358 g/mol. The van der Waals surface area contributed by atoms with Crippen molar-refractivity contribution >= 4 is 5.78 Å². The molecule has 0 bridgehead atoms. The smallest absolute Gasteiger partial charge is 0.166 e. The van der Waals surface area contributed by atoms with Crippen molar-refractivity contribution in [2.24, 2.45) is 5.92 Å². The van der Waals surface area contributed by atoms with E-state index in [4.69, 9.17) is 4.74 Å². The first kappa shape index (κ1) is 21.6. The molecule has 2 aromatic rings. The molecule has 0 amide bonds. The quantitative estimate of drug-likeness (QED) is 0.430. The molecule has 0 spiro atoms. The summed E-state index contributed by atoms with van der Waals surface area (Å²) >= 11 is 0. The summed E-state index contributed by atoms with van der Waals surface area (Å²) in [5.74, 6) is 1.80. The molecule has 29 heavy (non-hydrogen) atoms. The maximum atomic E-state index is 12.8. The van der Waals surface area contributed by atoms with Crippen LogP contribution in [0.15, 0.2) is 54.6 Å². The van der Waals surface area contributed by atoms with Gasteiger partial charge in [0.1, 0.15) is 12.4 Å². The summed E-state index contributed by atoms with van der Waals surface area (Å²) in [5, 5.41) is 0. The van der Waals surface area contributed by atoms with Gasteiger partial charge in [0.15, 0.2) is 5.78 Å². The third kappa shape index (κ3) is 7.01. The summed E-state index contributed by atoms with van der Waals surface area (Å²) in [6, 6.07) is 17.7. The van der Waals surface area contributed by atoms with Crippen LogP contribution in [0.3, 0.4) is 0 Å². The summed E-state index contributed by atoms with van der Waals surface area (Å²) in [7, 11) is 0. The van der Waals surface area contributed by atoms with Crippen molar-refractivity contribution in [2.45, 2.75) is 58.5 Å². The Balaban J connectivity index is 1.43. The molecule has 1 heterocycles. The first-order valence-corrected chi connectivity index (χ1v) is 11.3. The molecule has 1 aliphatic rings. The first-order valence-electron chi connectivity index (χ1n) is 11.3. The van der Waals surface area contributed by atoms with E-state index in [0.717, 1.165) is 24.4 Å². The van der Waals surface area contributed by atoms with Crippen LogP contribution < -0.4 is 4.74 Å². The second-order valence-corrected chi connectivity index (χ2v) is 8.22. The highest BCUT2D eigenvalue weighted by atomic mass is 16.5. The van der Waals surface area contributed by atoms with E-state index in [-0.39, 0.29) is 5.78 Å². The highest BCUT2D eigenvalue weighted by molar-refractivity contribution is 5.98. The summed E-state index contributed by atoms with van der Waals surface area (Å²) in [6.07, 6.45) is 8.22. The van der Waals surface area contributed by atoms with Crippen molar-refractivity contribution in [1.29, 1.82) is 0 Å². The Labute approximate surface area is 176 Å². The number of likely N-dealkylation sites (tertiary alicyclic amines) is 1. The minimum atomic E-state index is 0.187. The summed E-state index contributed by atoms with van der Waals surface area (Å²) in [6.45, 7) is 6.17. The van der Waals surface area contributed by atoms with Gasteiger partial charge in [-0.1, -0.05) is 68.7 Å². The lowest BCUT2D eigenvalue weighted by Crippen LogP contribution is -2.34. The van der Waals surface area contributed by atoms with E-state index in [1.807, 2.05) is 54.6 Å². The lowest BCUT2D eigenvalue weighted by atomic mass is 9.91. The van der Waals surface area contributed by atoms with E-state index in [9.17, 15) is 4.79 Å². The molecule has 3 nitrogen and oxygen atoms in total. The van der Waals surface area contributed by atoms with Crippen molar-refractivity contribution in [1.82, 2.24) is 4.90 Å². The second-order valence-electron chi connectivity index (χ2n) is 8.22. The molecule has 1 aliphatic heterocycles. The SMILES string of the molecule is CCCCC1CCN(CCCC(=O)c2ccccc2OCc2ccccc2)CC1. The van der Waals surface area contributed by atoms with Crippen LogP contribution in [0.2, 0.25) is 0 Å². The van der Waals surface area contributed by atoms with E-state index >= 15 is 0 Å². The number of Topliss-reactive ketones (excluding diaryl/α,β-unsaturated/α-hetero) is 1. The van der Waals surface area contributed by atoms with E-state index < -0.39 is 0 Å². The zero-order valence-corrected chi connectivity index (χ0v) is 17.8. The van der Waals surface area contributed by atoms with Gasteiger partial charge < -0.3 is 9.64 Å². The number of hydrogen-bond donors (Lipinski definition) is 0. The van der Waals surface area contributed by atoms with Crippen molar-refractivity contribution in [3.05, 3.63) is 65.7 Å². The predicted octanol–water partition coefficient (Wildman–Crippen LogP) is 6.13. The molecule has 0 radical (unpaired) electrons. The maximum Gasteiger partial charge on any atom is 0.166 e. The van der Waals surface area contributed by atoms with Gasteiger partial charge >= 0.3 is 0 Å². The monoisotopic (exact) mass is 393 g/mol. The van der Waals surface area contributed by atoms with Crippen LogP contribution in [0.5, 0.6) is 5.75 Å². The highest BCUT2D eigenvalue weighted by Gasteiger charge is 2.19. The minimum Gasteiger partial charge on any atom is -0.488 e. The largest absolute Gasteiger partial charge is 0.488 e. The molecule has 2 aromatic carbocycles. The van der Waals surface area contributed by atoms with E-state index in [1.165, 1.54) is 45.2 Å². The number of benzene rings is 2. The van der Waals surface area contributed by atoms with Crippen molar-refractivity contribution < 1.29 is 9.53 Å². The van der Waals surface area contributed by atoms with Gasteiger partial charge in [-0.2, -0.15) is 0 Å². The van der Waals surface area contributed by atoms with Gasteiger partial charge in [0, 0.05) is 6.42 Å². The molecule has 0 saturated carbocycles. The van der Waals surface area contributed by atoms with Crippen LogP contribution >= 0.6 is 0 Å². The summed E-state index contributed by atoms with van der Waals surface area (Å²) in [4.78, 5) is 15.3. The molecule has 3 rings (SSSR count). The van der Waals surface area contributed by atoms with Crippen LogP contribution in [0.4, 0.5) is 0 Å². The molecule has 1 fully saturated rings. The van der Waals surface area contributed by atoms with E-state index in [0.29, 0.717) is 24.3 Å². The maximum absolute atomic E-state index is 12.8. The number of piperidine rings is 1. The highest BCUT2D eigenvalue weighted by Crippen LogP contribution is 2.24. The Morgan fingerprint density at radius 1 is 1.00 bits per heavy atom. The number of rotatable bonds is 11. The molecule has 0 N–H and O–H groups in total. The predicted molar refractivity (Wildman–Crippen MR) is 119 cm³/mol. The molecule has 0 atom stereocenters. The van der Waals surface area contributed by atoms with Crippen molar-refractivity contribution in [2.75, 3.05) is 19.6 Å². The average molecular weight is 394 g/mol. The molecule has 0 aromatic heterocycles. The third-order valence-corrected chi connectivity index (χ3v) is 5.98. The Morgan fingerprint density at radius 2 is 1.72 bits per heavy atom. The van der Waals surface area contributed by atoms with Crippen LogP contribution in [0.1, 0.15) is 67.8 Å². The Bertz CT molecular complexity index is 735. The van der Waals surface area contributed by atoms with Gasteiger partial charge in [0.25, 0.3) is 0 Å². The summed E-state index contributed by atoms with van der Waals surface area (Å²) in [5.41, 5.74) is 1.82. The number of unbranched alkanes of at least 4 members (excludes halogenated alkanes) is 1. The lowest BCUT2D eigenvalue weighted by molar-refractivity contribution is 0.0965. The first-order chi connectivity index (χ1) is 14.3. The Kier molecular flexibility index (Phi) is 8.76. The number of carbonyl (C=O) groups excluding carboxylic acids is 1. The van der Waals surface area contributed by atoms with Crippen LogP contribution in [0.25, 0.3) is 0 Å². The van der Waals surface area contributed by atoms with Crippen molar-refractivity contribution in [3.63, 3.8) is 0 Å². The zero-order chi connectivity index (χ0) is 20.3. The molecule has 0 aliphatic carbocycles. The topological polar surface area (TPSA) is 29.5 Å². The number of hydrogen-bond acceptors (Lipinski definition) is 3. The third-order valence-electron chi connectivity index (χ3n) is 5.98. The fraction of sp³-hybridized carbons (Fsp3) is 0.500. The Morgan fingerprint density at radius 3 is 2.48 bits per heavy atom.